The molecular formula is C20H25FN4O5S. The van der Waals surface area contributed by atoms with Crippen molar-refractivity contribution >= 4 is 16.0 Å². The minimum absolute atomic E-state index is 0.0166. The van der Waals surface area contributed by atoms with Gasteiger partial charge in [0.25, 0.3) is 0 Å². The highest BCUT2D eigenvalue weighted by Gasteiger charge is 2.55. The number of sulfonamides is 1. The molecular weight excluding hydrogens is 427 g/mol. The second-order valence-electron chi connectivity index (χ2n) is 8.48. The fourth-order valence-electron chi connectivity index (χ4n) is 4.43. The lowest BCUT2D eigenvalue weighted by Gasteiger charge is -2.58. The first-order valence-corrected chi connectivity index (χ1v) is 11.4. The number of aryl methyl sites for hydroxylation is 1. The van der Waals surface area contributed by atoms with Gasteiger partial charge in [-0.3, -0.25) is 0 Å². The Labute approximate surface area is 179 Å². The smallest absolute Gasteiger partial charge is 0.342 e. The van der Waals surface area contributed by atoms with Crippen LogP contribution < -0.4 is 10.1 Å². The van der Waals surface area contributed by atoms with Gasteiger partial charge in [-0.15, -0.1) is 0 Å². The molecule has 4 rings (SSSR count). The number of aromatic carboxylic acids is 1. The molecule has 9 nitrogen and oxygen atoms in total. The molecule has 2 aliphatic rings. The number of hydrogen-bond donors (Lipinski definition) is 2. The summed E-state index contributed by atoms with van der Waals surface area (Å²) < 4.78 is 47.5. The number of carboxylic acids is 1. The number of benzene rings is 1. The summed E-state index contributed by atoms with van der Waals surface area (Å²) in [6.07, 6.45) is 2.91. The Hall–Kier alpha value is -2.50. The average Bonchev–Trinajstić information content (AvgIpc) is 3.01. The molecule has 1 aliphatic heterocycles. The summed E-state index contributed by atoms with van der Waals surface area (Å²) in [6.45, 7) is 3.00. The summed E-state index contributed by atoms with van der Waals surface area (Å²) in [7, 11) is -2.19. The van der Waals surface area contributed by atoms with Gasteiger partial charge >= 0.3 is 5.97 Å². The largest absolute Gasteiger partial charge is 0.477 e. The first-order valence-electron chi connectivity index (χ1n) is 10.0. The molecule has 1 saturated heterocycles. The quantitative estimate of drug-likeness (QED) is 0.623. The van der Waals surface area contributed by atoms with Crippen molar-refractivity contribution in [2.45, 2.75) is 36.7 Å². The van der Waals surface area contributed by atoms with Crippen LogP contribution in [0.25, 0.3) is 0 Å². The fourth-order valence-corrected chi connectivity index (χ4v) is 6.16. The van der Waals surface area contributed by atoms with Gasteiger partial charge in [0.05, 0.1) is 6.20 Å². The zero-order valence-corrected chi connectivity index (χ0v) is 18.1. The molecule has 11 heteroatoms. The van der Waals surface area contributed by atoms with E-state index in [4.69, 9.17) is 4.74 Å². The van der Waals surface area contributed by atoms with Crippen LogP contribution in [0, 0.1) is 11.2 Å². The number of carbonyl (C=O) groups is 1. The Morgan fingerprint density at radius 2 is 2.06 bits per heavy atom. The first-order chi connectivity index (χ1) is 14.6. The zero-order chi connectivity index (χ0) is 22.4. The van der Waals surface area contributed by atoms with E-state index in [-0.39, 0.29) is 40.4 Å². The Bertz CT molecular complexity index is 1090. The minimum atomic E-state index is -3.81. The summed E-state index contributed by atoms with van der Waals surface area (Å²) in [5.41, 5.74) is -0.0438. The zero-order valence-electron chi connectivity index (χ0n) is 17.3. The summed E-state index contributed by atoms with van der Waals surface area (Å²) >= 11 is 0. The molecule has 1 spiro atoms. The van der Waals surface area contributed by atoms with Crippen LogP contribution in [0.2, 0.25) is 0 Å². The third-order valence-electron chi connectivity index (χ3n) is 5.94. The highest BCUT2D eigenvalue weighted by molar-refractivity contribution is 7.89. The van der Waals surface area contributed by atoms with Gasteiger partial charge in [0, 0.05) is 37.6 Å². The molecule has 0 bridgehead atoms. The van der Waals surface area contributed by atoms with Gasteiger partial charge in [-0.05, 0) is 31.9 Å². The topological polar surface area (TPSA) is 114 Å². The van der Waals surface area contributed by atoms with Crippen molar-refractivity contribution in [3.63, 3.8) is 0 Å². The van der Waals surface area contributed by atoms with E-state index in [1.165, 1.54) is 33.4 Å². The SMILES string of the molecule is C[C@H](COc1c(C(=O)O)cnn1C)NC1CC2(C1)CN(S(=O)(=O)c1ccccc1F)C2. The number of rotatable bonds is 8. The van der Waals surface area contributed by atoms with Crippen LogP contribution in [0.3, 0.4) is 0 Å². The molecule has 1 aromatic heterocycles. The molecule has 0 amide bonds. The van der Waals surface area contributed by atoms with Gasteiger partial charge in [-0.25, -0.2) is 22.3 Å². The maximum Gasteiger partial charge on any atom is 0.342 e. The number of nitrogens with one attached hydrogen (secondary N) is 1. The molecule has 1 aliphatic carbocycles. The summed E-state index contributed by atoms with van der Waals surface area (Å²) in [6, 6.07) is 5.62. The highest BCUT2D eigenvalue weighted by atomic mass is 32.2. The molecule has 1 saturated carbocycles. The molecule has 31 heavy (non-hydrogen) atoms. The van der Waals surface area contributed by atoms with Crippen molar-refractivity contribution in [2.75, 3.05) is 19.7 Å². The predicted octanol–water partition coefficient (Wildman–Crippen LogP) is 1.47. The Kier molecular flexibility index (Phi) is 5.52. The maximum absolute atomic E-state index is 13.9. The summed E-state index contributed by atoms with van der Waals surface area (Å²) in [5.74, 6) is -1.62. The Morgan fingerprint density at radius 3 is 2.71 bits per heavy atom. The molecule has 2 fully saturated rings. The third kappa shape index (κ3) is 4.04. The predicted molar refractivity (Wildman–Crippen MR) is 109 cm³/mol. The monoisotopic (exact) mass is 452 g/mol. The van der Waals surface area contributed by atoms with Crippen LogP contribution in [0.5, 0.6) is 5.88 Å². The van der Waals surface area contributed by atoms with Gasteiger partial charge in [0.15, 0.2) is 0 Å². The van der Waals surface area contributed by atoms with Crippen LogP contribution in [0.1, 0.15) is 30.1 Å². The maximum atomic E-state index is 13.9. The van der Waals surface area contributed by atoms with Crippen molar-refractivity contribution in [3.8, 4) is 5.88 Å². The Balaban J connectivity index is 1.25. The van der Waals surface area contributed by atoms with Gasteiger partial charge in [0.2, 0.25) is 15.9 Å². The normalized spacial score (nSPS) is 19.6. The van der Waals surface area contributed by atoms with Crippen LogP contribution in [-0.2, 0) is 17.1 Å². The van der Waals surface area contributed by atoms with Crippen molar-refractivity contribution in [1.29, 1.82) is 0 Å². The van der Waals surface area contributed by atoms with E-state index in [0.717, 1.165) is 18.9 Å². The lowest BCUT2D eigenvalue weighted by Crippen LogP contribution is -2.67. The van der Waals surface area contributed by atoms with Gasteiger partial charge in [0.1, 0.15) is 22.9 Å². The number of nitrogens with zero attached hydrogens (tertiary/aromatic N) is 3. The van der Waals surface area contributed by atoms with Crippen LogP contribution in [0.15, 0.2) is 35.4 Å². The molecule has 2 aromatic rings. The van der Waals surface area contributed by atoms with E-state index < -0.39 is 21.8 Å². The number of aromatic nitrogens is 2. The second-order valence-corrected chi connectivity index (χ2v) is 10.4. The molecule has 2 heterocycles. The molecule has 168 valence electrons. The van der Waals surface area contributed by atoms with Crippen molar-refractivity contribution in [1.82, 2.24) is 19.4 Å². The molecule has 1 aromatic carbocycles. The highest BCUT2D eigenvalue weighted by Crippen LogP contribution is 2.50. The minimum Gasteiger partial charge on any atom is -0.477 e. The summed E-state index contributed by atoms with van der Waals surface area (Å²) in [5, 5.41) is 16.5. The third-order valence-corrected chi connectivity index (χ3v) is 7.77. The standard InChI is InChI=1S/C20H25FN4O5S/c1-13(10-30-18-15(19(26)27)9-22-24(18)2)23-14-7-20(8-14)11-25(12-20)31(28,29)17-6-4-3-5-16(17)21/h3-6,9,13-14,23H,7-8,10-12H2,1-2H3,(H,26,27)/t13-/m1/s1. The van der Waals surface area contributed by atoms with E-state index in [1.807, 2.05) is 6.92 Å². The number of halogens is 1. The van der Waals surface area contributed by atoms with Crippen LogP contribution in [0.4, 0.5) is 4.39 Å². The summed E-state index contributed by atoms with van der Waals surface area (Å²) in [4.78, 5) is 10.9. The van der Waals surface area contributed by atoms with Gasteiger partial charge in [-0.2, -0.15) is 9.40 Å². The van der Waals surface area contributed by atoms with Gasteiger partial charge in [-0.1, -0.05) is 12.1 Å². The van der Waals surface area contributed by atoms with E-state index >= 15 is 0 Å². The average molecular weight is 453 g/mol. The van der Waals surface area contributed by atoms with Crippen LogP contribution >= 0.6 is 0 Å². The van der Waals surface area contributed by atoms with Gasteiger partial charge < -0.3 is 15.2 Å². The van der Waals surface area contributed by atoms with E-state index in [0.29, 0.717) is 13.1 Å². The lowest BCUT2D eigenvalue weighted by atomic mass is 9.61. The van der Waals surface area contributed by atoms with Crippen molar-refractivity contribution < 1.29 is 27.4 Å². The molecule has 1 atom stereocenters. The van der Waals surface area contributed by atoms with E-state index in [2.05, 4.69) is 10.4 Å². The van der Waals surface area contributed by atoms with E-state index in [1.54, 1.807) is 7.05 Å². The molecule has 2 N–H and O–H groups in total. The lowest BCUT2D eigenvalue weighted by molar-refractivity contribution is -0.0375. The number of carboxylic acid groups (broad SMARTS) is 1. The first kappa shape index (κ1) is 21.7. The van der Waals surface area contributed by atoms with Crippen molar-refractivity contribution in [2.24, 2.45) is 12.5 Å². The molecule has 0 radical (unpaired) electrons. The molecule has 0 unspecified atom stereocenters. The number of hydrogen-bond acceptors (Lipinski definition) is 6. The second kappa shape index (κ2) is 7.88. The fraction of sp³-hybridized carbons (Fsp3) is 0.500. The van der Waals surface area contributed by atoms with E-state index in [9.17, 15) is 22.7 Å². The Morgan fingerprint density at radius 1 is 1.39 bits per heavy atom. The van der Waals surface area contributed by atoms with Crippen LogP contribution in [-0.4, -0.2) is 65.4 Å². The number of ether oxygens (including phenoxy) is 1. The van der Waals surface area contributed by atoms with Crippen molar-refractivity contribution in [3.05, 3.63) is 41.8 Å².